The van der Waals surface area contributed by atoms with Gasteiger partial charge in [0, 0.05) is 12.8 Å². The number of ether oxygens (including phenoxy) is 7. The second kappa shape index (κ2) is 17.9. The average molecular weight is 556 g/mol. The minimum Gasteiger partial charge on any atom is -0.468 e. The molecule has 1 aromatic rings. The van der Waals surface area contributed by atoms with Crippen LogP contribution < -0.4 is 15.2 Å². The zero-order valence-electron chi connectivity index (χ0n) is 23.4. The van der Waals surface area contributed by atoms with Gasteiger partial charge in [-0.25, -0.2) is 14.4 Å². The number of carbonyl (C=O) groups is 4. The van der Waals surface area contributed by atoms with E-state index in [1.807, 2.05) is 20.8 Å². The van der Waals surface area contributed by atoms with Gasteiger partial charge >= 0.3 is 24.4 Å². The maximum atomic E-state index is 12.7. The summed E-state index contributed by atoms with van der Waals surface area (Å²) < 4.78 is 35.6. The number of nitrogens with two attached hydrogens (primary N) is 1. The van der Waals surface area contributed by atoms with Crippen LogP contribution in [0.4, 0.5) is 14.4 Å². The lowest BCUT2D eigenvalue weighted by atomic mass is 9.86. The molecule has 39 heavy (non-hydrogen) atoms. The van der Waals surface area contributed by atoms with Crippen LogP contribution in [0.5, 0.6) is 11.5 Å². The molecule has 0 heterocycles. The van der Waals surface area contributed by atoms with Crippen molar-refractivity contribution in [2.45, 2.75) is 84.3 Å². The topological polar surface area (TPSA) is 159 Å². The molecule has 2 atom stereocenters. The van der Waals surface area contributed by atoms with Crippen molar-refractivity contribution in [3.63, 3.8) is 0 Å². The minimum atomic E-state index is -1.63. The van der Waals surface area contributed by atoms with Gasteiger partial charge in [-0.05, 0) is 43.9 Å². The van der Waals surface area contributed by atoms with E-state index in [1.54, 1.807) is 6.92 Å². The van der Waals surface area contributed by atoms with Crippen LogP contribution in [-0.2, 0) is 34.9 Å². The van der Waals surface area contributed by atoms with Crippen LogP contribution in [0.15, 0.2) is 18.2 Å². The van der Waals surface area contributed by atoms with Gasteiger partial charge in [0.15, 0.2) is 11.5 Å². The quantitative estimate of drug-likeness (QED) is 0.125. The molecule has 12 nitrogen and oxygen atoms in total. The Morgan fingerprint density at radius 2 is 1.38 bits per heavy atom. The number of hydrogen-bond donors (Lipinski definition) is 1. The molecule has 12 heteroatoms. The SMILES string of the molecule is CCCCOC(=O)Oc1ccc(CC(N)(C[C@H](C)OC(=O)OCCC)C(=O)OC)cc1OC(=O)OCCCC. The number of hydrogen-bond acceptors (Lipinski definition) is 12. The molecule has 0 aromatic heterocycles. The lowest BCUT2D eigenvalue weighted by Crippen LogP contribution is -2.53. The lowest BCUT2D eigenvalue weighted by molar-refractivity contribution is -0.148. The van der Waals surface area contributed by atoms with E-state index < -0.39 is 36.1 Å². The molecule has 0 amide bonds. The zero-order chi connectivity index (χ0) is 29.3. The van der Waals surface area contributed by atoms with Gasteiger partial charge in [0.05, 0.1) is 26.9 Å². The van der Waals surface area contributed by atoms with Crippen LogP contribution in [0.2, 0.25) is 0 Å². The summed E-state index contributed by atoms with van der Waals surface area (Å²) in [5.74, 6) is -0.981. The number of esters is 1. The summed E-state index contributed by atoms with van der Waals surface area (Å²) in [5.41, 5.74) is 5.25. The molecule has 0 saturated carbocycles. The second-order valence-corrected chi connectivity index (χ2v) is 8.94. The van der Waals surface area contributed by atoms with E-state index in [2.05, 4.69) is 0 Å². The molecule has 220 valence electrons. The first-order valence-corrected chi connectivity index (χ1v) is 13.1. The minimum absolute atomic E-state index is 0.0937. The Morgan fingerprint density at radius 3 is 1.92 bits per heavy atom. The molecule has 0 radical (unpaired) electrons. The van der Waals surface area contributed by atoms with Crippen molar-refractivity contribution < 1.29 is 52.3 Å². The Hall–Kier alpha value is -3.54. The standard InChI is InChI=1S/C27H41NO11/c1-6-9-14-35-25(31)38-21-12-11-20(16-22(21)39-26(32)36-15-10-7-2)18-27(28,23(29)33-5)17-19(4)37-24(30)34-13-8-3/h11-12,16,19H,6-10,13-15,17-18,28H2,1-5H3/t19-,27?/m0/s1. The van der Waals surface area contributed by atoms with Crippen LogP contribution in [0.3, 0.4) is 0 Å². The van der Waals surface area contributed by atoms with Crippen molar-refractivity contribution in [1.82, 2.24) is 0 Å². The molecule has 0 bridgehead atoms. The average Bonchev–Trinajstić information content (AvgIpc) is 2.88. The van der Waals surface area contributed by atoms with E-state index in [-0.39, 0.29) is 44.2 Å². The van der Waals surface area contributed by atoms with Gasteiger partial charge in [0.1, 0.15) is 11.6 Å². The Bertz CT molecular complexity index is 936. The van der Waals surface area contributed by atoms with Crippen molar-refractivity contribution >= 4 is 24.4 Å². The molecule has 1 unspecified atom stereocenters. The fourth-order valence-corrected chi connectivity index (χ4v) is 3.40. The number of rotatable bonds is 16. The fraction of sp³-hybridized carbons (Fsp3) is 0.630. The summed E-state index contributed by atoms with van der Waals surface area (Å²) in [6.45, 7) is 7.81. The van der Waals surface area contributed by atoms with Gasteiger partial charge in [-0.3, -0.25) is 4.79 Å². The van der Waals surface area contributed by atoms with Crippen molar-refractivity contribution in [2.24, 2.45) is 5.73 Å². The van der Waals surface area contributed by atoms with E-state index in [0.717, 1.165) is 12.8 Å². The van der Waals surface area contributed by atoms with Crippen LogP contribution in [0, 0.1) is 0 Å². The van der Waals surface area contributed by atoms with Crippen molar-refractivity contribution in [3.05, 3.63) is 23.8 Å². The number of benzene rings is 1. The molecule has 0 aliphatic rings. The first-order chi connectivity index (χ1) is 18.6. The predicted octanol–water partition coefficient (Wildman–Crippen LogP) is 5.07. The molecule has 0 fully saturated rings. The molecule has 0 aliphatic heterocycles. The van der Waals surface area contributed by atoms with E-state index in [9.17, 15) is 19.2 Å². The number of methoxy groups -OCH3 is 1. The van der Waals surface area contributed by atoms with E-state index >= 15 is 0 Å². The Kier molecular flexibility index (Phi) is 15.3. The molecule has 0 aliphatic carbocycles. The van der Waals surface area contributed by atoms with E-state index in [0.29, 0.717) is 24.8 Å². The summed E-state index contributed by atoms with van der Waals surface area (Å²) in [5, 5.41) is 0. The summed E-state index contributed by atoms with van der Waals surface area (Å²) in [6.07, 6.45) is -0.264. The van der Waals surface area contributed by atoms with Gasteiger partial charge in [-0.2, -0.15) is 0 Å². The maximum Gasteiger partial charge on any atom is 0.513 e. The normalized spacial score (nSPS) is 12.9. The highest BCUT2D eigenvalue weighted by Gasteiger charge is 2.38. The van der Waals surface area contributed by atoms with E-state index in [4.69, 9.17) is 38.9 Å². The Morgan fingerprint density at radius 1 is 0.821 bits per heavy atom. The molecular weight excluding hydrogens is 514 g/mol. The number of unbranched alkanes of at least 4 members (excludes halogenated alkanes) is 2. The van der Waals surface area contributed by atoms with Crippen LogP contribution in [0.1, 0.15) is 71.8 Å². The van der Waals surface area contributed by atoms with Crippen LogP contribution in [-0.4, -0.2) is 63.0 Å². The molecular formula is C27H41NO11. The fourth-order valence-electron chi connectivity index (χ4n) is 3.40. The summed E-state index contributed by atoms with van der Waals surface area (Å²) in [6, 6.07) is 4.31. The van der Waals surface area contributed by atoms with Crippen LogP contribution in [0.25, 0.3) is 0 Å². The third-order valence-electron chi connectivity index (χ3n) is 5.31. The number of carbonyl (C=O) groups excluding carboxylic acids is 4. The largest absolute Gasteiger partial charge is 0.513 e. The summed E-state index contributed by atoms with van der Waals surface area (Å²) in [4.78, 5) is 48.8. The molecule has 1 aromatic carbocycles. The molecule has 1 rings (SSSR count). The van der Waals surface area contributed by atoms with Crippen molar-refractivity contribution in [3.8, 4) is 11.5 Å². The molecule has 2 N–H and O–H groups in total. The third kappa shape index (κ3) is 12.7. The monoisotopic (exact) mass is 555 g/mol. The lowest BCUT2D eigenvalue weighted by Gasteiger charge is -2.29. The first-order valence-electron chi connectivity index (χ1n) is 13.1. The highest BCUT2D eigenvalue weighted by atomic mass is 16.7. The zero-order valence-corrected chi connectivity index (χ0v) is 23.4. The van der Waals surface area contributed by atoms with Gasteiger partial charge in [-0.15, -0.1) is 0 Å². The predicted molar refractivity (Wildman–Crippen MR) is 140 cm³/mol. The Labute approximate surface area is 229 Å². The Balaban J connectivity index is 3.16. The van der Waals surface area contributed by atoms with Crippen molar-refractivity contribution in [2.75, 3.05) is 26.9 Å². The van der Waals surface area contributed by atoms with E-state index in [1.165, 1.54) is 25.3 Å². The van der Waals surface area contributed by atoms with Gasteiger partial charge in [0.2, 0.25) is 0 Å². The van der Waals surface area contributed by atoms with Crippen molar-refractivity contribution in [1.29, 1.82) is 0 Å². The van der Waals surface area contributed by atoms with Gasteiger partial charge in [-0.1, -0.05) is 39.7 Å². The second-order valence-electron chi connectivity index (χ2n) is 8.94. The smallest absolute Gasteiger partial charge is 0.468 e. The highest BCUT2D eigenvalue weighted by Crippen LogP contribution is 2.31. The van der Waals surface area contributed by atoms with Gasteiger partial charge in [0.25, 0.3) is 0 Å². The van der Waals surface area contributed by atoms with Gasteiger partial charge < -0.3 is 38.9 Å². The summed E-state index contributed by atoms with van der Waals surface area (Å²) in [7, 11) is 1.19. The maximum absolute atomic E-state index is 12.7. The summed E-state index contributed by atoms with van der Waals surface area (Å²) >= 11 is 0. The third-order valence-corrected chi connectivity index (χ3v) is 5.31. The first kappa shape index (κ1) is 33.5. The molecule has 0 spiro atoms. The van der Waals surface area contributed by atoms with Crippen LogP contribution >= 0.6 is 0 Å². The molecule has 0 saturated heterocycles. The highest BCUT2D eigenvalue weighted by molar-refractivity contribution is 5.81.